The van der Waals surface area contributed by atoms with Gasteiger partial charge in [0.05, 0.1) is 12.5 Å². The zero-order valence-electron chi connectivity index (χ0n) is 11.5. The average molecular weight is 270 g/mol. The lowest BCUT2D eigenvalue weighted by Gasteiger charge is -2.30. The van der Waals surface area contributed by atoms with Gasteiger partial charge in [-0.05, 0) is 32.6 Å². The van der Waals surface area contributed by atoms with Gasteiger partial charge in [-0.2, -0.15) is 0 Å². The fourth-order valence-corrected chi connectivity index (χ4v) is 2.44. The Morgan fingerprint density at radius 3 is 2.11 bits per heavy atom. The van der Waals surface area contributed by atoms with Crippen LogP contribution < -0.4 is 5.32 Å². The molecule has 2 N–H and O–H groups in total. The number of amides is 2. The van der Waals surface area contributed by atoms with Crippen molar-refractivity contribution in [2.45, 2.75) is 32.6 Å². The summed E-state index contributed by atoms with van der Waals surface area (Å²) in [5.41, 5.74) is 0. The Balaban J connectivity index is 2.53. The molecule has 0 atom stereocenters. The van der Waals surface area contributed by atoms with E-state index in [1.807, 2.05) is 6.92 Å². The largest absolute Gasteiger partial charge is 0.481 e. The maximum absolute atomic E-state index is 12.3. The van der Waals surface area contributed by atoms with Crippen molar-refractivity contribution < 1.29 is 19.5 Å². The van der Waals surface area contributed by atoms with E-state index in [-0.39, 0.29) is 30.2 Å². The summed E-state index contributed by atoms with van der Waals surface area (Å²) in [6.07, 6.45) is 2.28. The smallest absolute Gasteiger partial charge is 0.306 e. The summed E-state index contributed by atoms with van der Waals surface area (Å²) in [6, 6.07) is 0. The molecule has 0 heterocycles. The van der Waals surface area contributed by atoms with Crippen molar-refractivity contribution in [3.8, 4) is 0 Å². The van der Waals surface area contributed by atoms with Crippen LogP contribution in [0.4, 0.5) is 0 Å². The SMILES string of the molecule is CCN(CC(=O)NC)C(=O)C1CCC(C(=O)O)CC1. The first-order valence-corrected chi connectivity index (χ1v) is 6.71. The molecule has 1 rings (SSSR count). The Kier molecular flexibility index (Phi) is 5.79. The fraction of sp³-hybridized carbons (Fsp3) is 0.769. The Bertz CT molecular complexity index is 349. The first-order chi connectivity index (χ1) is 8.99. The number of hydrogen-bond acceptors (Lipinski definition) is 3. The third-order valence-electron chi connectivity index (χ3n) is 3.73. The van der Waals surface area contributed by atoms with E-state index in [2.05, 4.69) is 5.32 Å². The second-order valence-electron chi connectivity index (χ2n) is 4.91. The molecule has 0 aliphatic heterocycles. The van der Waals surface area contributed by atoms with Crippen LogP contribution >= 0.6 is 0 Å². The Labute approximate surface area is 113 Å². The van der Waals surface area contributed by atoms with Gasteiger partial charge in [-0.15, -0.1) is 0 Å². The molecule has 0 bridgehead atoms. The van der Waals surface area contributed by atoms with E-state index in [1.165, 1.54) is 4.90 Å². The number of aliphatic carboxylic acids is 1. The second kappa shape index (κ2) is 7.11. The highest BCUT2D eigenvalue weighted by molar-refractivity contribution is 5.86. The van der Waals surface area contributed by atoms with Crippen LogP contribution in [-0.2, 0) is 14.4 Å². The van der Waals surface area contributed by atoms with Crippen molar-refractivity contribution in [3.63, 3.8) is 0 Å². The van der Waals surface area contributed by atoms with Gasteiger partial charge >= 0.3 is 5.97 Å². The number of likely N-dealkylation sites (N-methyl/N-ethyl adjacent to an activating group) is 2. The van der Waals surface area contributed by atoms with Crippen LogP contribution in [0.5, 0.6) is 0 Å². The maximum Gasteiger partial charge on any atom is 0.306 e. The summed E-state index contributed by atoms with van der Waals surface area (Å²) in [5, 5.41) is 11.4. The van der Waals surface area contributed by atoms with E-state index in [0.717, 1.165) is 0 Å². The van der Waals surface area contributed by atoms with Crippen LogP contribution in [0, 0.1) is 11.8 Å². The number of rotatable bonds is 5. The molecule has 6 heteroatoms. The summed E-state index contributed by atoms with van der Waals surface area (Å²) in [7, 11) is 1.54. The first-order valence-electron chi connectivity index (χ1n) is 6.71. The summed E-state index contributed by atoms with van der Waals surface area (Å²) < 4.78 is 0. The molecule has 6 nitrogen and oxygen atoms in total. The van der Waals surface area contributed by atoms with Crippen LogP contribution in [0.25, 0.3) is 0 Å². The van der Waals surface area contributed by atoms with Gasteiger partial charge in [-0.25, -0.2) is 0 Å². The van der Waals surface area contributed by atoms with E-state index >= 15 is 0 Å². The zero-order valence-corrected chi connectivity index (χ0v) is 11.5. The Morgan fingerprint density at radius 1 is 1.16 bits per heavy atom. The third kappa shape index (κ3) is 4.22. The number of nitrogens with zero attached hydrogens (tertiary/aromatic N) is 1. The minimum absolute atomic E-state index is 0.0325. The predicted octanol–water partition coefficient (Wildman–Crippen LogP) is 0.472. The van der Waals surface area contributed by atoms with Crippen LogP contribution in [0.1, 0.15) is 32.6 Å². The highest BCUT2D eigenvalue weighted by atomic mass is 16.4. The normalized spacial score (nSPS) is 22.6. The molecule has 1 fully saturated rings. The van der Waals surface area contributed by atoms with Crippen LogP contribution in [-0.4, -0.2) is 47.9 Å². The number of carbonyl (C=O) groups excluding carboxylic acids is 2. The number of hydrogen-bond donors (Lipinski definition) is 2. The van der Waals surface area contributed by atoms with Gasteiger partial charge in [0.25, 0.3) is 0 Å². The van der Waals surface area contributed by atoms with Gasteiger partial charge in [0.15, 0.2) is 0 Å². The summed E-state index contributed by atoms with van der Waals surface area (Å²) in [4.78, 5) is 36.0. The minimum atomic E-state index is -0.774. The highest BCUT2D eigenvalue weighted by Crippen LogP contribution is 2.30. The quantitative estimate of drug-likeness (QED) is 0.760. The minimum Gasteiger partial charge on any atom is -0.481 e. The van der Waals surface area contributed by atoms with Gasteiger partial charge in [0.2, 0.25) is 11.8 Å². The van der Waals surface area contributed by atoms with Gasteiger partial charge < -0.3 is 15.3 Å². The van der Waals surface area contributed by atoms with Crippen LogP contribution in [0.2, 0.25) is 0 Å². The van der Waals surface area contributed by atoms with Gasteiger partial charge in [0.1, 0.15) is 0 Å². The second-order valence-corrected chi connectivity index (χ2v) is 4.91. The van der Waals surface area contributed by atoms with Crippen LogP contribution in [0.3, 0.4) is 0 Å². The lowest BCUT2D eigenvalue weighted by Crippen LogP contribution is -2.43. The first kappa shape index (κ1) is 15.5. The van der Waals surface area contributed by atoms with Crippen molar-refractivity contribution in [2.24, 2.45) is 11.8 Å². The molecular formula is C13H22N2O4. The molecule has 0 unspecified atom stereocenters. The summed E-state index contributed by atoms with van der Waals surface area (Å²) in [5.74, 6) is -1.45. The van der Waals surface area contributed by atoms with Crippen molar-refractivity contribution in [2.75, 3.05) is 20.1 Å². The predicted molar refractivity (Wildman–Crippen MR) is 69.4 cm³/mol. The number of carboxylic acid groups (broad SMARTS) is 1. The monoisotopic (exact) mass is 270 g/mol. The Hall–Kier alpha value is -1.59. The standard InChI is InChI=1S/C13H22N2O4/c1-3-15(8-11(16)14-2)12(17)9-4-6-10(7-5-9)13(18)19/h9-10H,3-8H2,1-2H3,(H,14,16)(H,18,19). The molecule has 1 aliphatic carbocycles. The van der Waals surface area contributed by atoms with E-state index in [0.29, 0.717) is 32.2 Å². The number of nitrogens with one attached hydrogen (secondary N) is 1. The summed E-state index contributed by atoms with van der Waals surface area (Å²) in [6.45, 7) is 2.40. The van der Waals surface area contributed by atoms with E-state index in [9.17, 15) is 14.4 Å². The lowest BCUT2D eigenvalue weighted by atomic mass is 9.81. The maximum atomic E-state index is 12.3. The average Bonchev–Trinajstić information content (AvgIpc) is 2.43. The van der Waals surface area contributed by atoms with Gasteiger partial charge in [-0.3, -0.25) is 14.4 Å². The molecule has 108 valence electrons. The molecule has 0 spiro atoms. The number of carbonyl (C=O) groups is 3. The highest BCUT2D eigenvalue weighted by Gasteiger charge is 2.32. The van der Waals surface area contributed by atoms with Crippen molar-refractivity contribution in [1.82, 2.24) is 10.2 Å². The third-order valence-corrected chi connectivity index (χ3v) is 3.73. The molecule has 0 aromatic rings. The molecule has 0 aromatic heterocycles. The molecular weight excluding hydrogens is 248 g/mol. The molecule has 0 aromatic carbocycles. The molecule has 1 aliphatic rings. The van der Waals surface area contributed by atoms with Crippen LogP contribution in [0.15, 0.2) is 0 Å². The molecule has 2 amide bonds. The van der Waals surface area contributed by atoms with Crippen molar-refractivity contribution in [1.29, 1.82) is 0 Å². The zero-order chi connectivity index (χ0) is 14.4. The van der Waals surface area contributed by atoms with E-state index in [4.69, 9.17) is 5.11 Å². The van der Waals surface area contributed by atoms with E-state index < -0.39 is 5.97 Å². The van der Waals surface area contributed by atoms with Gasteiger partial charge in [-0.1, -0.05) is 0 Å². The van der Waals surface area contributed by atoms with E-state index in [1.54, 1.807) is 7.05 Å². The van der Waals surface area contributed by atoms with Crippen molar-refractivity contribution >= 4 is 17.8 Å². The lowest BCUT2D eigenvalue weighted by molar-refractivity contribution is -0.146. The van der Waals surface area contributed by atoms with Gasteiger partial charge in [0, 0.05) is 19.5 Å². The number of carboxylic acids is 1. The molecule has 1 saturated carbocycles. The fourth-order valence-electron chi connectivity index (χ4n) is 2.44. The summed E-state index contributed by atoms with van der Waals surface area (Å²) >= 11 is 0. The molecule has 19 heavy (non-hydrogen) atoms. The Morgan fingerprint density at radius 2 is 1.68 bits per heavy atom. The molecule has 0 radical (unpaired) electrons. The molecule has 0 saturated heterocycles. The topological polar surface area (TPSA) is 86.7 Å². The van der Waals surface area contributed by atoms with Crippen molar-refractivity contribution in [3.05, 3.63) is 0 Å².